The van der Waals surface area contributed by atoms with E-state index in [1.165, 1.54) is 11.8 Å². The number of para-hydroxylation sites is 2. The number of esters is 1. The van der Waals surface area contributed by atoms with Crippen LogP contribution in [0.3, 0.4) is 0 Å². The van der Waals surface area contributed by atoms with Crippen LogP contribution in [-0.4, -0.2) is 35.4 Å². The fraction of sp³-hybridized carbons (Fsp3) is 0.192. The van der Waals surface area contributed by atoms with Crippen molar-refractivity contribution in [3.63, 3.8) is 0 Å². The summed E-state index contributed by atoms with van der Waals surface area (Å²) in [7, 11) is 1.23. The second-order valence-corrected chi connectivity index (χ2v) is 10.2. The average molecular weight is 554 g/mol. The predicted molar refractivity (Wildman–Crippen MR) is 144 cm³/mol. The summed E-state index contributed by atoms with van der Waals surface area (Å²) in [6.07, 6.45) is 0.370. The predicted octanol–water partition coefficient (Wildman–Crippen LogP) is 4.16. The molecule has 12 heteroatoms. The van der Waals surface area contributed by atoms with Gasteiger partial charge >= 0.3 is 16.6 Å². The Morgan fingerprint density at radius 1 is 1.08 bits per heavy atom. The highest BCUT2D eigenvalue weighted by molar-refractivity contribution is 8.00. The van der Waals surface area contributed by atoms with Crippen molar-refractivity contribution < 1.29 is 28.3 Å². The van der Waals surface area contributed by atoms with Gasteiger partial charge in [0.05, 0.1) is 22.8 Å². The molecule has 2 amide bonds. The molecule has 3 N–H and O–H groups in total. The molecule has 2 heterocycles. The summed E-state index contributed by atoms with van der Waals surface area (Å²) in [6, 6.07) is 17.9. The van der Waals surface area contributed by atoms with Crippen LogP contribution in [0.25, 0.3) is 5.69 Å². The molecule has 10 nitrogen and oxygen atoms in total. The summed E-state index contributed by atoms with van der Waals surface area (Å²) in [6.45, 7) is 3.43. The van der Waals surface area contributed by atoms with Crippen molar-refractivity contribution in [1.29, 1.82) is 0 Å². The van der Waals surface area contributed by atoms with Gasteiger partial charge in [0.25, 0.3) is 5.91 Å². The van der Waals surface area contributed by atoms with Crippen LogP contribution in [-0.2, 0) is 9.53 Å². The molecule has 1 atom stereocenters. The van der Waals surface area contributed by atoms with Crippen LogP contribution in [0.4, 0.5) is 10.7 Å². The summed E-state index contributed by atoms with van der Waals surface area (Å²) in [5.41, 5.74) is 1.12. The third-order valence-corrected chi connectivity index (χ3v) is 8.16. The molecule has 0 fully saturated rings. The maximum absolute atomic E-state index is 13.3. The Morgan fingerprint density at radius 2 is 1.74 bits per heavy atom. The molecule has 0 radical (unpaired) electrons. The zero-order valence-corrected chi connectivity index (χ0v) is 22.4. The van der Waals surface area contributed by atoms with Crippen LogP contribution < -0.4 is 20.9 Å². The molecule has 0 aliphatic heterocycles. The van der Waals surface area contributed by atoms with E-state index in [1.54, 1.807) is 50.2 Å². The van der Waals surface area contributed by atoms with Gasteiger partial charge in [-0.15, -0.1) is 11.3 Å². The average Bonchev–Trinajstić information content (AvgIpc) is 3.46. The van der Waals surface area contributed by atoms with E-state index < -0.39 is 28.7 Å². The zero-order chi connectivity index (χ0) is 27.2. The maximum Gasteiger partial charge on any atom is 0.442 e. The van der Waals surface area contributed by atoms with Crippen molar-refractivity contribution in [1.82, 2.24) is 5.27 Å². The highest BCUT2D eigenvalue weighted by Gasteiger charge is 2.32. The lowest BCUT2D eigenvalue weighted by Crippen LogP contribution is -2.37. The van der Waals surface area contributed by atoms with Gasteiger partial charge in [0, 0.05) is 17.8 Å². The smallest absolute Gasteiger partial charge is 0.442 e. The maximum atomic E-state index is 13.3. The third kappa shape index (κ3) is 5.71. The Kier molecular flexibility index (Phi) is 8.44. The lowest BCUT2D eigenvalue weighted by Gasteiger charge is -2.12. The number of aromatic amines is 1. The molecule has 0 saturated carbocycles. The van der Waals surface area contributed by atoms with Gasteiger partial charge in [-0.3, -0.25) is 14.1 Å². The number of thioether (sulfide) groups is 1. The number of amides is 2. The molecule has 0 aliphatic rings. The minimum Gasteiger partial charge on any atom is -0.465 e. The van der Waals surface area contributed by atoms with Crippen molar-refractivity contribution in [3.05, 3.63) is 87.1 Å². The number of ether oxygens (including phenoxy) is 1. The number of hydrogen-bond donors (Lipinski definition) is 3. The second-order valence-electron chi connectivity index (χ2n) is 8.03. The number of methoxy groups -OCH3 is 1. The number of nitrogens with zero attached hydrogens (tertiary/aromatic N) is 1. The van der Waals surface area contributed by atoms with E-state index in [0.717, 1.165) is 23.1 Å². The van der Waals surface area contributed by atoms with Gasteiger partial charge in [0.15, 0.2) is 0 Å². The van der Waals surface area contributed by atoms with E-state index in [4.69, 9.17) is 9.26 Å². The molecule has 0 bridgehead atoms. The van der Waals surface area contributed by atoms with E-state index in [-0.39, 0.29) is 20.5 Å². The van der Waals surface area contributed by atoms with Crippen molar-refractivity contribution >= 4 is 51.6 Å². The second kappa shape index (κ2) is 11.9. The number of benzene rings is 2. The highest BCUT2D eigenvalue weighted by atomic mass is 32.2. The van der Waals surface area contributed by atoms with Gasteiger partial charge in [0.2, 0.25) is 11.6 Å². The number of rotatable bonds is 9. The molecular weight excluding hydrogens is 528 g/mol. The Bertz CT molecular complexity index is 1510. The number of carbonyl (C=O) groups excluding carboxylic acids is 3. The number of thiophene rings is 1. The summed E-state index contributed by atoms with van der Waals surface area (Å²) in [4.78, 5) is 51.6. The van der Waals surface area contributed by atoms with Crippen LogP contribution >= 0.6 is 23.1 Å². The van der Waals surface area contributed by atoms with Gasteiger partial charge in [-0.1, -0.05) is 43.3 Å². The first-order chi connectivity index (χ1) is 18.3. The molecule has 4 rings (SSSR count). The molecule has 4 aromatic rings. The summed E-state index contributed by atoms with van der Waals surface area (Å²) in [5.74, 6) is -1.54. The van der Waals surface area contributed by atoms with Crippen LogP contribution in [0, 0.1) is 6.92 Å². The normalized spacial score (nSPS) is 11.6. The van der Waals surface area contributed by atoms with Crippen molar-refractivity contribution in [2.24, 2.45) is 0 Å². The van der Waals surface area contributed by atoms with Crippen LogP contribution in [0.1, 0.15) is 38.9 Å². The van der Waals surface area contributed by atoms with E-state index in [0.29, 0.717) is 23.4 Å². The molecule has 0 saturated heterocycles. The van der Waals surface area contributed by atoms with E-state index in [9.17, 15) is 19.2 Å². The number of H-pyrrole nitrogens is 1. The number of aromatic nitrogens is 2. The number of hydrogen-bond acceptors (Lipinski definition) is 8. The summed E-state index contributed by atoms with van der Waals surface area (Å²) in [5, 5.41) is 7.79. The zero-order valence-electron chi connectivity index (χ0n) is 20.8. The molecule has 1 unspecified atom stereocenters. The largest absolute Gasteiger partial charge is 0.465 e. The molecule has 0 spiro atoms. The fourth-order valence-corrected chi connectivity index (χ4v) is 5.72. The molecule has 38 heavy (non-hydrogen) atoms. The van der Waals surface area contributed by atoms with Crippen molar-refractivity contribution in [2.45, 2.75) is 30.5 Å². The van der Waals surface area contributed by atoms with E-state index >= 15 is 0 Å². The van der Waals surface area contributed by atoms with Crippen LogP contribution in [0.15, 0.2) is 75.0 Å². The van der Waals surface area contributed by atoms with Crippen molar-refractivity contribution in [2.75, 3.05) is 17.7 Å². The molecule has 0 aliphatic carbocycles. The highest BCUT2D eigenvalue weighted by Crippen LogP contribution is 2.35. The molecular formula is C26H25N4O6S2+. The topological polar surface area (TPSA) is 134 Å². The van der Waals surface area contributed by atoms with E-state index in [2.05, 4.69) is 15.9 Å². The van der Waals surface area contributed by atoms with Crippen LogP contribution in [0.2, 0.25) is 0 Å². The van der Waals surface area contributed by atoms with Gasteiger partial charge in [-0.2, -0.15) is 0 Å². The Morgan fingerprint density at radius 3 is 2.37 bits per heavy atom. The minimum absolute atomic E-state index is 0.101. The summed E-state index contributed by atoms with van der Waals surface area (Å²) >= 11 is 2.01. The number of nitrogens with one attached hydrogen (secondary N) is 3. The third-order valence-electron chi connectivity index (χ3n) is 5.55. The lowest BCUT2D eigenvalue weighted by molar-refractivity contribution is -0.704. The van der Waals surface area contributed by atoms with E-state index in [1.807, 2.05) is 24.3 Å². The van der Waals surface area contributed by atoms with Crippen molar-refractivity contribution in [3.8, 4) is 5.69 Å². The molecule has 196 valence electrons. The first kappa shape index (κ1) is 26.9. The first-order valence-corrected chi connectivity index (χ1v) is 13.3. The number of carbonyl (C=O) groups is 3. The molecule has 2 aromatic carbocycles. The van der Waals surface area contributed by atoms with Crippen LogP contribution in [0.5, 0.6) is 0 Å². The van der Waals surface area contributed by atoms with Gasteiger partial charge in [-0.25, -0.2) is 9.59 Å². The number of anilines is 2. The quantitative estimate of drug-likeness (QED) is 0.161. The Balaban J connectivity index is 1.60. The summed E-state index contributed by atoms with van der Waals surface area (Å²) < 4.78 is 11.4. The van der Waals surface area contributed by atoms with Gasteiger partial charge in [-0.05, 0) is 52.8 Å². The fourth-order valence-electron chi connectivity index (χ4n) is 3.64. The SMILES string of the molecule is CCC(Sc1c(=O)o[nH][n+]1-c1ccccc1)C(=O)Nc1sc(C(=O)Nc2ccccc2)c(C)c1C(=O)OC. The van der Waals surface area contributed by atoms with Gasteiger partial charge in [0.1, 0.15) is 5.00 Å². The Hall–Kier alpha value is -4.16. The molecule has 2 aromatic heterocycles. The Labute approximate surface area is 226 Å². The standard InChI is InChI=1S/C26H24N4O6S2/c1-4-18(37-24-26(34)36-29-30(24)17-13-9-6-10-14-17)21(31)28-23-19(25(33)35-3)15(2)20(38-23)22(32)27-16-11-7-5-8-12-16/h5-14,18H,4H2,1-3H3,(H2-,27,28,29,31,32,33,34)/p+1. The lowest BCUT2D eigenvalue weighted by atomic mass is 10.1. The minimum atomic E-state index is -0.710. The first-order valence-electron chi connectivity index (χ1n) is 11.6. The monoisotopic (exact) mass is 553 g/mol. The van der Waals surface area contributed by atoms with Gasteiger partial charge < -0.3 is 15.4 Å².